The van der Waals surface area contributed by atoms with Gasteiger partial charge in [-0.25, -0.2) is 4.79 Å². The fourth-order valence-electron chi connectivity index (χ4n) is 2.43. The molecule has 1 N–H and O–H groups in total. The molecule has 3 rings (SSSR count). The van der Waals surface area contributed by atoms with E-state index in [0.29, 0.717) is 21.2 Å². The number of nitrogens with one attached hydrogen (secondary N) is 1. The summed E-state index contributed by atoms with van der Waals surface area (Å²) in [4.78, 5) is 37.7. The van der Waals surface area contributed by atoms with Crippen LogP contribution in [0, 0.1) is 0 Å². The van der Waals surface area contributed by atoms with Gasteiger partial charge < -0.3 is 0 Å². The number of H-pyrrole nitrogens is 1. The van der Waals surface area contributed by atoms with Crippen LogP contribution in [-0.2, 0) is 6.54 Å². The van der Waals surface area contributed by atoms with E-state index < -0.39 is 11.2 Å². The summed E-state index contributed by atoms with van der Waals surface area (Å²) in [6.45, 7) is 0.229. The molecule has 0 spiro atoms. The first-order valence-corrected chi connectivity index (χ1v) is 8.07. The number of aromatic nitrogens is 2. The highest BCUT2D eigenvalue weighted by Gasteiger charge is 2.12. The molecule has 0 radical (unpaired) electrons. The van der Waals surface area contributed by atoms with Gasteiger partial charge in [0.15, 0.2) is 5.78 Å². The Morgan fingerprint density at radius 2 is 1.68 bits per heavy atom. The summed E-state index contributed by atoms with van der Waals surface area (Å²) in [5.41, 5.74) is 0.617. The van der Waals surface area contributed by atoms with E-state index in [-0.39, 0.29) is 12.3 Å². The van der Waals surface area contributed by atoms with Crippen LogP contribution < -0.4 is 11.2 Å². The summed E-state index contributed by atoms with van der Waals surface area (Å²) in [7, 11) is 0. The lowest BCUT2D eigenvalue weighted by Crippen LogP contribution is -2.28. The SMILES string of the molecule is O=C(c1cc(Cl)cc(Cl)c1)c1cccc(Cn2ccc(=O)[nH]c2=O)c1. The maximum Gasteiger partial charge on any atom is 0.328 e. The molecule has 0 amide bonds. The van der Waals surface area contributed by atoms with Crippen molar-refractivity contribution in [1.82, 2.24) is 9.55 Å². The molecule has 25 heavy (non-hydrogen) atoms. The Hall–Kier alpha value is -2.63. The minimum absolute atomic E-state index is 0.222. The monoisotopic (exact) mass is 374 g/mol. The summed E-state index contributed by atoms with van der Waals surface area (Å²) in [6.07, 6.45) is 1.41. The van der Waals surface area contributed by atoms with Crippen molar-refractivity contribution in [2.24, 2.45) is 0 Å². The molecule has 0 aliphatic heterocycles. The van der Waals surface area contributed by atoms with Gasteiger partial charge in [-0.2, -0.15) is 0 Å². The molecule has 0 saturated heterocycles. The molecule has 126 valence electrons. The maximum atomic E-state index is 12.6. The number of ketones is 1. The second-order valence-electron chi connectivity index (χ2n) is 5.43. The standard InChI is InChI=1S/C18H12Cl2N2O3/c19-14-7-13(8-15(20)9-14)17(24)12-3-1-2-11(6-12)10-22-5-4-16(23)21-18(22)25/h1-9H,10H2,(H,21,23,25). The third-order valence-corrected chi connectivity index (χ3v) is 4.00. The third kappa shape index (κ3) is 4.07. The number of hydrogen-bond acceptors (Lipinski definition) is 3. The predicted octanol–water partition coefficient (Wildman–Crippen LogP) is 3.12. The van der Waals surface area contributed by atoms with Crippen molar-refractivity contribution in [3.8, 4) is 0 Å². The second kappa shape index (κ2) is 7.09. The van der Waals surface area contributed by atoms with Gasteiger partial charge in [0.1, 0.15) is 0 Å². The molecular weight excluding hydrogens is 363 g/mol. The van der Waals surface area contributed by atoms with Crippen LogP contribution in [0.1, 0.15) is 21.5 Å². The zero-order valence-corrected chi connectivity index (χ0v) is 14.3. The fraction of sp³-hybridized carbons (Fsp3) is 0.0556. The van der Waals surface area contributed by atoms with Crippen molar-refractivity contribution in [2.45, 2.75) is 6.54 Å². The van der Waals surface area contributed by atoms with Gasteiger partial charge in [0.05, 0.1) is 6.54 Å². The third-order valence-electron chi connectivity index (χ3n) is 3.56. The first-order valence-electron chi connectivity index (χ1n) is 7.32. The number of carbonyl (C=O) groups is 1. The number of rotatable bonds is 4. The van der Waals surface area contributed by atoms with E-state index in [1.165, 1.54) is 16.8 Å². The van der Waals surface area contributed by atoms with Crippen LogP contribution in [0.15, 0.2) is 64.3 Å². The van der Waals surface area contributed by atoms with E-state index in [4.69, 9.17) is 23.2 Å². The van der Waals surface area contributed by atoms with Gasteiger partial charge in [-0.15, -0.1) is 0 Å². The smallest absolute Gasteiger partial charge is 0.296 e. The Labute approximate surface area is 152 Å². The summed E-state index contributed by atoms with van der Waals surface area (Å²) >= 11 is 11.9. The molecule has 1 heterocycles. The van der Waals surface area contributed by atoms with Crippen molar-refractivity contribution in [2.75, 3.05) is 0 Å². The molecule has 7 heteroatoms. The summed E-state index contributed by atoms with van der Waals surface area (Å²) in [6, 6.07) is 12.8. The average molecular weight is 375 g/mol. The molecule has 2 aromatic carbocycles. The Morgan fingerprint density at radius 3 is 2.36 bits per heavy atom. The van der Waals surface area contributed by atoms with Crippen LogP contribution in [0.3, 0.4) is 0 Å². The normalized spacial score (nSPS) is 10.6. The van der Waals surface area contributed by atoms with Crippen molar-refractivity contribution < 1.29 is 4.79 Å². The number of benzene rings is 2. The van der Waals surface area contributed by atoms with Gasteiger partial charge >= 0.3 is 5.69 Å². The number of halogens is 2. The largest absolute Gasteiger partial charge is 0.328 e. The van der Waals surface area contributed by atoms with E-state index in [1.807, 2.05) is 0 Å². The summed E-state index contributed by atoms with van der Waals surface area (Å²) < 4.78 is 1.35. The van der Waals surface area contributed by atoms with Gasteiger partial charge in [-0.3, -0.25) is 19.1 Å². The lowest BCUT2D eigenvalue weighted by Gasteiger charge is -2.07. The Kier molecular flexibility index (Phi) is 4.88. The van der Waals surface area contributed by atoms with Crippen LogP contribution in [0.2, 0.25) is 10.0 Å². The van der Waals surface area contributed by atoms with Crippen LogP contribution in [0.4, 0.5) is 0 Å². The van der Waals surface area contributed by atoms with Crippen LogP contribution >= 0.6 is 23.2 Å². The lowest BCUT2D eigenvalue weighted by molar-refractivity contribution is 0.103. The van der Waals surface area contributed by atoms with Crippen molar-refractivity contribution in [3.63, 3.8) is 0 Å². The zero-order chi connectivity index (χ0) is 18.0. The van der Waals surface area contributed by atoms with Gasteiger partial charge in [0, 0.05) is 33.4 Å². The fourth-order valence-corrected chi connectivity index (χ4v) is 2.95. The highest BCUT2D eigenvalue weighted by atomic mass is 35.5. The average Bonchev–Trinajstić information content (AvgIpc) is 2.56. The topological polar surface area (TPSA) is 71.9 Å². The summed E-state index contributed by atoms with van der Waals surface area (Å²) in [5, 5.41) is 0.763. The first kappa shape index (κ1) is 17.2. The zero-order valence-electron chi connectivity index (χ0n) is 12.8. The van der Waals surface area contributed by atoms with Crippen LogP contribution in [-0.4, -0.2) is 15.3 Å². The molecular formula is C18H12Cl2N2O3. The van der Waals surface area contributed by atoms with Gasteiger partial charge in [0.2, 0.25) is 0 Å². The molecule has 0 aliphatic rings. The van der Waals surface area contributed by atoms with E-state index in [0.717, 1.165) is 5.56 Å². The van der Waals surface area contributed by atoms with Crippen LogP contribution in [0.25, 0.3) is 0 Å². The lowest BCUT2D eigenvalue weighted by atomic mass is 10.0. The molecule has 0 atom stereocenters. The Balaban J connectivity index is 1.92. The highest BCUT2D eigenvalue weighted by Crippen LogP contribution is 2.21. The van der Waals surface area contributed by atoms with Crippen molar-refractivity contribution in [3.05, 3.63) is 102 Å². The quantitative estimate of drug-likeness (QED) is 0.713. The molecule has 3 aromatic rings. The predicted molar refractivity (Wildman–Crippen MR) is 96.8 cm³/mol. The van der Waals surface area contributed by atoms with E-state index >= 15 is 0 Å². The Bertz CT molecular complexity index is 1050. The number of aromatic amines is 1. The van der Waals surface area contributed by atoms with E-state index in [9.17, 15) is 14.4 Å². The minimum Gasteiger partial charge on any atom is -0.296 e. The molecule has 0 aliphatic carbocycles. The van der Waals surface area contributed by atoms with Gasteiger partial charge in [-0.1, -0.05) is 41.4 Å². The van der Waals surface area contributed by atoms with Gasteiger partial charge in [-0.05, 0) is 29.8 Å². The molecule has 0 unspecified atom stereocenters. The number of nitrogens with zero attached hydrogens (tertiary/aromatic N) is 1. The number of carbonyl (C=O) groups excluding carboxylic acids is 1. The minimum atomic E-state index is -0.508. The van der Waals surface area contributed by atoms with Crippen LogP contribution in [0.5, 0.6) is 0 Å². The maximum absolute atomic E-state index is 12.6. The molecule has 1 aromatic heterocycles. The molecule has 0 bridgehead atoms. The molecule has 0 fully saturated rings. The van der Waals surface area contributed by atoms with Crippen molar-refractivity contribution >= 4 is 29.0 Å². The van der Waals surface area contributed by atoms with Gasteiger partial charge in [0.25, 0.3) is 5.56 Å². The molecule has 0 saturated carbocycles. The Morgan fingerprint density at radius 1 is 0.960 bits per heavy atom. The van der Waals surface area contributed by atoms with Crippen molar-refractivity contribution in [1.29, 1.82) is 0 Å². The first-order chi connectivity index (χ1) is 11.9. The second-order valence-corrected chi connectivity index (χ2v) is 6.30. The number of hydrogen-bond donors (Lipinski definition) is 1. The van der Waals surface area contributed by atoms with E-state index in [2.05, 4.69) is 4.98 Å². The summed E-state index contributed by atoms with van der Waals surface area (Å²) in [5.74, 6) is -0.222. The highest BCUT2D eigenvalue weighted by molar-refractivity contribution is 6.35. The van der Waals surface area contributed by atoms with E-state index in [1.54, 1.807) is 42.5 Å². The molecule has 5 nitrogen and oxygen atoms in total.